The van der Waals surface area contributed by atoms with E-state index in [1.54, 1.807) is 13.2 Å². The minimum atomic E-state index is -0.909. The number of hydrogen-bond donors (Lipinski definition) is 4. The Balaban J connectivity index is 1.64. The number of benzene rings is 2. The number of aromatic amines is 2. The molecular weight excluding hydrogens is 484 g/mol. The number of rotatable bonds is 6. The number of H-pyrrole nitrogens is 2. The molecule has 0 fully saturated rings. The molecule has 37 heavy (non-hydrogen) atoms. The summed E-state index contributed by atoms with van der Waals surface area (Å²) in [7, 11) is 4.35. The van der Waals surface area contributed by atoms with Crippen LogP contribution in [0.3, 0.4) is 0 Å². The molecule has 5 rings (SSSR count). The van der Waals surface area contributed by atoms with E-state index in [1.807, 2.05) is 12.1 Å². The van der Waals surface area contributed by atoms with Gasteiger partial charge in [0, 0.05) is 29.7 Å². The Labute approximate surface area is 210 Å². The molecule has 192 valence electrons. The molecule has 3 aromatic rings. The van der Waals surface area contributed by atoms with Crippen molar-refractivity contribution in [1.82, 2.24) is 10.2 Å². The lowest BCUT2D eigenvalue weighted by molar-refractivity contribution is -0.386. The van der Waals surface area contributed by atoms with E-state index in [2.05, 4.69) is 15.5 Å². The van der Waals surface area contributed by atoms with E-state index in [0.717, 1.165) is 5.56 Å². The molecule has 12 heteroatoms. The zero-order valence-electron chi connectivity index (χ0n) is 20.2. The molecular formula is C25H24N4O8. The van der Waals surface area contributed by atoms with Crippen LogP contribution in [0.5, 0.6) is 23.0 Å². The summed E-state index contributed by atoms with van der Waals surface area (Å²) in [6.45, 7) is 0. The predicted octanol–water partition coefficient (Wildman–Crippen LogP) is 3.30. The molecule has 4 N–H and O–H groups in total. The van der Waals surface area contributed by atoms with Gasteiger partial charge in [-0.05, 0) is 41.7 Å². The number of nitro benzene ring substituents is 1. The van der Waals surface area contributed by atoms with Crippen LogP contribution >= 0.6 is 0 Å². The number of phenols is 1. The highest BCUT2D eigenvalue weighted by atomic mass is 16.6. The van der Waals surface area contributed by atoms with Gasteiger partial charge in [0.1, 0.15) is 5.82 Å². The predicted molar refractivity (Wildman–Crippen MR) is 132 cm³/mol. The number of aromatic hydroxyl groups is 1. The third-order valence-electron chi connectivity index (χ3n) is 6.88. The number of ketones is 1. The summed E-state index contributed by atoms with van der Waals surface area (Å²) < 4.78 is 15.9. The van der Waals surface area contributed by atoms with E-state index >= 15 is 0 Å². The van der Waals surface area contributed by atoms with Gasteiger partial charge in [0.15, 0.2) is 23.0 Å². The van der Waals surface area contributed by atoms with Crippen LogP contribution < -0.4 is 25.1 Å². The van der Waals surface area contributed by atoms with E-state index in [-0.39, 0.29) is 35.0 Å². The topological polar surface area (TPSA) is 169 Å². The number of allylic oxidation sites excluding steroid dienone is 2. The highest BCUT2D eigenvalue weighted by Gasteiger charge is 2.41. The van der Waals surface area contributed by atoms with E-state index in [9.17, 15) is 24.8 Å². The van der Waals surface area contributed by atoms with Gasteiger partial charge < -0.3 is 24.6 Å². The van der Waals surface area contributed by atoms with Crippen molar-refractivity contribution in [3.8, 4) is 23.0 Å². The number of carbonyl (C=O) groups is 1. The zero-order valence-corrected chi connectivity index (χ0v) is 20.2. The third kappa shape index (κ3) is 3.86. The average molecular weight is 508 g/mol. The number of nitro groups is 1. The third-order valence-corrected chi connectivity index (χ3v) is 6.88. The summed E-state index contributed by atoms with van der Waals surface area (Å²) >= 11 is 0. The smallest absolute Gasteiger partial charge is 0.314 e. The number of Topliss-reactive ketones (excluding diaryl/α,β-unsaturated/α-hetero) is 1. The Morgan fingerprint density at radius 3 is 2.32 bits per heavy atom. The fourth-order valence-corrected chi connectivity index (χ4v) is 5.17. The second-order valence-electron chi connectivity index (χ2n) is 8.81. The van der Waals surface area contributed by atoms with Crippen LogP contribution in [0.15, 0.2) is 46.4 Å². The van der Waals surface area contributed by atoms with Crippen LogP contribution in [0, 0.1) is 10.1 Å². The Morgan fingerprint density at radius 1 is 0.946 bits per heavy atom. The van der Waals surface area contributed by atoms with Gasteiger partial charge in [-0.25, -0.2) is 0 Å². The summed E-state index contributed by atoms with van der Waals surface area (Å²) in [6.07, 6.45) is 0.596. The van der Waals surface area contributed by atoms with E-state index in [0.29, 0.717) is 35.0 Å². The summed E-state index contributed by atoms with van der Waals surface area (Å²) in [5.74, 6) is -0.591. The first kappa shape index (κ1) is 24.0. The van der Waals surface area contributed by atoms with Crippen molar-refractivity contribution in [2.24, 2.45) is 0 Å². The average Bonchev–Trinajstić information content (AvgIpc) is 3.26. The molecule has 2 aromatic carbocycles. The van der Waals surface area contributed by atoms with E-state index < -0.39 is 27.8 Å². The number of hydrogen-bond acceptors (Lipinski definition) is 9. The quantitative estimate of drug-likeness (QED) is 0.288. The van der Waals surface area contributed by atoms with Gasteiger partial charge in [-0.3, -0.25) is 29.9 Å². The van der Waals surface area contributed by atoms with Gasteiger partial charge in [0.2, 0.25) is 5.75 Å². The van der Waals surface area contributed by atoms with Crippen molar-refractivity contribution in [1.29, 1.82) is 0 Å². The molecule has 1 aliphatic heterocycles. The number of methoxy groups -OCH3 is 3. The first-order valence-corrected chi connectivity index (χ1v) is 11.4. The number of nitrogens with one attached hydrogen (secondary N) is 3. The first-order valence-electron chi connectivity index (χ1n) is 11.4. The number of aromatic nitrogens is 2. The van der Waals surface area contributed by atoms with Gasteiger partial charge in [0.25, 0.3) is 5.56 Å². The number of anilines is 1. The lowest BCUT2D eigenvalue weighted by Crippen LogP contribution is -2.31. The highest BCUT2D eigenvalue weighted by molar-refractivity contribution is 6.01. The van der Waals surface area contributed by atoms with E-state index in [1.165, 1.54) is 26.4 Å². The van der Waals surface area contributed by atoms with Crippen LogP contribution in [-0.2, 0) is 4.79 Å². The SMILES string of the molecule is COc1ccc([C@@H]2CC(=O)C3=C(C2)Nc2[nH][nH]c(=O)c2[C@H]3c2cc(OC)c(O)c([N+](=O)[O-])c2)cc1OC. The van der Waals surface area contributed by atoms with Crippen LogP contribution in [0.4, 0.5) is 11.5 Å². The van der Waals surface area contributed by atoms with Crippen molar-refractivity contribution < 1.29 is 29.0 Å². The highest BCUT2D eigenvalue weighted by Crippen LogP contribution is 2.49. The van der Waals surface area contributed by atoms with Crippen LogP contribution in [-0.4, -0.2) is 47.3 Å². The standard InChI is InChI=1S/C25H24N4O8/c1-35-17-5-4-11(9-18(17)36-2)12-6-14-21(16(30)8-12)20(22-24(26-14)27-28-25(22)32)13-7-15(29(33)34)23(31)19(10-13)37-3/h4-5,7,9-10,12,20,31H,6,8H2,1-3H3,(H3,26,27,28,32)/t12-,20-/m0/s1. The Morgan fingerprint density at radius 2 is 1.65 bits per heavy atom. The number of carbonyl (C=O) groups excluding carboxylic acids is 1. The minimum absolute atomic E-state index is 0.134. The van der Waals surface area contributed by atoms with Gasteiger partial charge in [-0.2, -0.15) is 0 Å². The fraction of sp³-hybridized carbons (Fsp3) is 0.280. The molecule has 0 unspecified atom stereocenters. The molecule has 1 aliphatic carbocycles. The number of phenolic OH excluding ortho intramolecular Hbond substituents is 1. The molecule has 0 saturated heterocycles. The largest absolute Gasteiger partial charge is 0.500 e. The maximum absolute atomic E-state index is 13.7. The van der Waals surface area contributed by atoms with Crippen molar-refractivity contribution in [2.45, 2.75) is 24.7 Å². The molecule has 1 aromatic heterocycles. The fourth-order valence-electron chi connectivity index (χ4n) is 5.17. The van der Waals surface area contributed by atoms with Gasteiger partial charge in [0.05, 0.1) is 31.8 Å². The summed E-state index contributed by atoms with van der Waals surface area (Å²) in [4.78, 5) is 37.3. The molecule has 0 amide bonds. The lowest BCUT2D eigenvalue weighted by atomic mass is 9.72. The van der Waals surface area contributed by atoms with Crippen molar-refractivity contribution >= 4 is 17.3 Å². The minimum Gasteiger partial charge on any atom is -0.500 e. The maximum atomic E-state index is 13.7. The number of ether oxygens (including phenoxy) is 3. The molecule has 2 heterocycles. The van der Waals surface area contributed by atoms with Crippen LogP contribution in [0.2, 0.25) is 0 Å². The molecule has 0 saturated carbocycles. The van der Waals surface area contributed by atoms with Crippen molar-refractivity contribution in [3.05, 3.63) is 78.8 Å². The van der Waals surface area contributed by atoms with Gasteiger partial charge >= 0.3 is 5.69 Å². The summed E-state index contributed by atoms with van der Waals surface area (Å²) in [5.41, 5.74) is 1.26. The Kier molecular flexibility index (Phi) is 5.86. The normalized spacial score (nSPS) is 18.5. The molecule has 0 bridgehead atoms. The first-order chi connectivity index (χ1) is 17.8. The monoisotopic (exact) mass is 508 g/mol. The van der Waals surface area contributed by atoms with Crippen molar-refractivity contribution in [2.75, 3.05) is 26.6 Å². The summed E-state index contributed by atoms with van der Waals surface area (Å²) in [5, 5.41) is 30.4. The Bertz CT molecular complexity index is 1520. The molecule has 2 aliphatic rings. The van der Waals surface area contributed by atoms with Crippen molar-refractivity contribution in [3.63, 3.8) is 0 Å². The maximum Gasteiger partial charge on any atom is 0.314 e. The molecule has 12 nitrogen and oxygen atoms in total. The second kappa shape index (κ2) is 9.04. The molecule has 0 radical (unpaired) electrons. The van der Waals surface area contributed by atoms with Gasteiger partial charge in [-0.15, -0.1) is 0 Å². The lowest BCUT2D eigenvalue weighted by Gasteiger charge is -2.34. The molecule has 2 atom stereocenters. The zero-order chi connectivity index (χ0) is 26.4. The van der Waals surface area contributed by atoms with Crippen LogP contribution in [0.1, 0.15) is 41.4 Å². The van der Waals surface area contributed by atoms with E-state index in [4.69, 9.17) is 14.2 Å². The number of fused-ring (bicyclic) bond motifs is 1. The number of nitrogens with zero attached hydrogens (tertiary/aromatic N) is 1. The van der Waals surface area contributed by atoms with Gasteiger partial charge in [-0.1, -0.05) is 6.07 Å². The molecule has 0 spiro atoms. The second-order valence-corrected chi connectivity index (χ2v) is 8.81. The van der Waals surface area contributed by atoms with Crippen LogP contribution in [0.25, 0.3) is 0 Å². The Hall–Kier alpha value is -4.74. The summed E-state index contributed by atoms with van der Waals surface area (Å²) in [6, 6.07) is 8.07.